The summed E-state index contributed by atoms with van der Waals surface area (Å²) in [6.45, 7) is 7.21. The Morgan fingerprint density at radius 3 is 2.54 bits per heavy atom. The second kappa shape index (κ2) is 14.2. The number of fused-ring (bicyclic) bond motifs is 8. The van der Waals surface area contributed by atoms with Crippen LogP contribution >= 0.6 is 11.8 Å². The number of carbonyl (C=O) groups is 1. The Bertz CT molecular complexity index is 2300. The van der Waals surface area contributed by atoms with Crippen molar-refractivity contribution in [2.75, 3.05) is 12.4 Å². The molecule has 274 valence electrons. The largest absolute Gasteiger partial charge is 0.464 e. The summed E-state index contributed by atoms with van der Waals surface area (Å²) < 4.78 is 81.5. The van der Waals surface area contributed by atoms with E-state index in [2.05, 4.69) is 4.98 Å². The summed E-state index contributed by atoms with van der Waals surface area (Å²) in [6, 6.07) is 13.7. The van der Waals surface area contributed by atoms with Crippen LogP contribution in [0.15, 0.2) is 69.9 Å². The van der Waals surface area contributed by atoms with Crippen molar-refractivity contribution in [1.29, 1.82) is 0 Å². The van der Waals surface area contributed by atoms with Gasteiger partial charge < -0.3 is 14.8 Å². The molecule has 0 saturated heterocycles. The Morgan fingerprint density at radius 2 is 1.83 bits per heavy atom. The van der Waals surface area contributed by atoms with Gasteiger partial charge in [-0.05, 0) is 61.9 Å². The molecule has 0 aliphatic carbocycles. The fourth-order valence-electron chi connectivity index (χ4n) is 6.82. The second-order valence-electron chi connectivity index (χ2n) is 14.0. The van der Waals surface area contributed by atoms with Crippen LogP contribution in [0.3, 0.4) is 0 Å². The van der Waals surface area contributed by atoms with Gasteiger partial charge in [0.05, 0.1) is 33.8 Å². The molecule has 14 heteroatoms. The molecule has 1 aliphatic heterocycles. The molecule has 52 heavy (non-hydrogen) atoms. The van der Waals surface area contributed by atoms with E-state index >= 15 is 13.2 Å². The number of aliphatic hydroxyl groups excluding tert-OH is 1. The maximum absolute atomic E-state index is 16.1. The maximum atomic E-state index is 16.1. The summed E-state index contributed by atoms with van der Waals surface area (Å²) in [5.74, 6) is -3.86. The molecule has 0 saturated carbocycles. The molecule has 6 rings (SSSR count). The van der Waals surface area contributed by atoms with Crippen molar-refractivity contribution < 1.29 is 36.2 Å². The van der Waals surface area contributed by atoms with Crippen molar-refractivity contribution in [3.05, 3.63) is 100 Å². The number of aromatic amines is 1. The van der Waals surface area contributed by atoms with Gasteiger partial charge in [-0.1, -0.05) is 62.4 Å². The van der Waals surface area contributed by atoms with Gasteiger partial charge >= 0.3 is 5.97 Å². The number of hydrogen-bond acceptors (Lipinski definition) is 8. The number of nitrogens with one attached hydrogen (secondary N) is 1. The molecule has 0 fully saturated rings. The fourth-order valence-corrected chi connectivity index (χ4v) is 9.50. The number of nitrogens with zero attached hydrogens (tertiary/aromatic N) is 3. The summed E-state index contributed by atoms with van der Waals surface area (Å²) in [7, 11) is -2.32. The number of hydrogen-bond donors (Lipinski definition) is 2. The zero-order chi connectivity index (χ0) is 37.6. The third-order valence-corrected chi connectivity index (χ3v) is 12.3. The molecule has 1 unspecified atom stereocenters. The molecular formula is C38H39F3N4O5S2. The summed E-state index contributed by atoms with van der Waals surface area (Å²) in [5.41, 5.74) is -1.05. The lowest BCUT2D eigenvalue weighted by atomic mass is 9.75. The molecule has 3 heterocycles. The van der Waals surface area contributed by atoms with Crippen LogP contribution in [-0.4, -0.2) is 51.6 Å². The van der Waals surface area contributed by atoms with Crippen LogP contribution in [-0.2, 0) is 31.8 Å². The minimum Gasteiger partial charge on any atom is -0.464 e. The van der Waals surface area contributed by atoms with Gasteiger partial charge in [-0.2, -0.15) is 5.10 Å². The lowest BCUT2D eigenvalue weighted by Crippen LogP contribution is -2.28. The van der Waals surface area contributed by atoms with Gasteiger partial charge in [0.25, 0.3) is 0 Å². The number of rotatable bonds is 4. The number of halogens is 3. The molecule has 0 spiro atoms. The Kier molecular flexibility index (Phi) is 10.2. The van der Waals surface area contributed by atoms with Crippen molar-refractivity contribution >= 4 is 44.5 Å². The molecule has 1 aliphatic rings. The maximum Gasteiger partial charge on any atom is 0.339 e. The monoisotopic (exact) mass is 752 g/mol. The third-order valence-electron chi connectivity index (χ3n) is 9.47. The van der Waals surface area contributed by atoms with Crippen molar-refractivity contribution in [3.8, 4) is 11.4 Å². The first kappa shape index (κ1) is 37.4. The van der Waals surface area contributed by atoms with E-state index in [1.165, 1.54) is 22.9 Å². The first-order valence-electron chi connectivity index (χ1n) is 16.8. The average Bonchev–Trinajstić information content (AvgIpc) is 3.71. The number of carbonyl (C=O) groups excluding carboxylic acids is 1. The van der Waals surface area contributed by atoms with Gasteiger partial charge in [0.15, 0.2) is 39.2 Å². The predicted octanol–water partition coefficient (Wildman–Crippen LogP) is 8.03. The Balaban J connectivity index is 1.60. The van der Waals surface area contributed by atoms with E-state index in [9.17, 15) is 18.3 Å². The molecule has 0 radical (unpaired) electrons. The molecule has 0 amide bonds. The Morgan fingerprint density at radius 1 is 1.10 bits per heavy atom. The van der Waals surface area contributed by atoms with E-state index in [-0.39, 0.29) is 55.6 Å². The predicted molar refractivity (Wildman–Crippen MR) is 194 cm³/mol. The van der Waals surface area contributed by atoms with Crippen molar-refractivity contribution in [3.63, 3.8) is 0 Å². The third kappa shape index (κ3) is 7.15. The van der Waals surface area contributed by atoms with E-state index in [0.717, 1.165) is 35.0 Å². The number of esters is 1. The number of aryl methyl sites for hydroxylation is 1. The fraction of sp³-hybridized carbons (Fsp3) is 0.342. The number of sulfone groups is 1. The Hall–Kier alpha value is -4.40. The van der Waals surface area contributed by atoms with Crippen LogP contribution < -0.4 is 0 Å². The highest BCUT2D eigenvalue weighted by molar-refractivity contribution is 7.99. The molecule has 4 bridgehead atoms. The number of aliphatic hydroxyl groups is 1. The zero-order valence-corrected chi connectivity index (χ0v) is 31.0. The molecule has 3 aromatic carbocycles. The first-order chi connectivity index (χ1) is 24.5. The zero-order valence-electron chi connectivity index (χ0n) is 29.3. The van der Waals surface area contributed by atoms with Crippen LogP contribution in [0, 0.1) is 22.9 Å². The standard InChI is InChI=1S/C38H39F3N4O5S2/c1-6-50-35(47)32(46)26-20-42-31-28(26)24-15-18-52(48,49)21-37(2,3)16-10-17-38(4,22-11-8-7-9-12-22)36-43-34(45(5)44-36)25-19-23(13-14-27(25)39)51-33(24)30(41)29(31)40/h7-9,11-15,18-20,32,42,46H,6,10,16-17,21H2,1-5H3/b18-15-/t32?,38-/m1/s1. The number of aromatic nitrogens is 4. The lowest BCUT2D eigenvalue weighted by molar-refractivity contribution is -0.153. The molecule has 5 aromatic rings. The van der Waals surface area contributed by atoms with Crippen molar-refractivity contribution in [2.24, 2.45) is 12.5 Å². The Labute approximate surface area is 304 Å². The quantitative estimate of drug-likeness (QED) is 0.177. The molecule has 2 aromatic heterocycles. The van der Waals surface area contributed by atoms with Crippen molar-refractivity contribution in [2.45, 2.75) is 68.3 Å². The van der Waals surface area contributed by atoms with Gasteiger partial charge in [0.2, 0.25) is 0 Å². The summed E-state index contributed by atoms with van der Waals surface area (Å²) in [4.78, 5) is 20.0. The van der Waals surface area contributed by atoms with Crippen LogP contribution in [0.2, 0.25) is 0 Å². The van der Waals surface area contributed by atoms with Crippen LogP contribution in [0.25, 0.3) is 28.4 Å². The van der Waals surface area contributed by atoms with Gasteiger partial charge in [0.1, 0.15) is 5.82 Å². The molecule has 2 atom stereocenters. The highest BCUT2D eigenvalue weighted by Gasteiger charge is 2.36. The van der Waals surface area contributed by atoms with E-state index in [0.29, 0.717) is 25.1 Å². The highest BCUT2D eigenvalue weighted by Crippen LogP contribution is 2.44. The SMILES string of the molecule is CCOC(=O)C(O)c1c[nH]c2c(F)c(F)c3c(c12)/C=C\S(=O)(=O)CC(C)(C)CCC[C@](C)(c1ccccc1)c1nc(n(C)n1)-c1cc(ccc1F)S3. The minimum absolute atomic E-state index is 0.0471. The molecular weight excluding hydrogens is 714 g/mol. The van der Waals surface area contributed by atoms with Gasteiger partial charge in [-0.3, -0.25) is 0 Å². The van der Waals surface area contributed by atoms with Crippen LogP contribution in [0.4, 0.5) is 13.2 Å². The number of ether oxygens (including phenoxy) is 1. The van der Waals surface area contributed by atoms with Crippen LogP contribution in [0.5, 0.6) is 0 Å². The topological polar surface area (TPSA) is 127 Å². The average molecular weight is 753 g/mol. The van der Waals surface area contributed by atoms with Gasteiger partial charge in [-0.15, -0.1) is 0 Å². The van der Waals surface area contributed by atoms with E-state index < -0.39 is 50.2 Å². The minimum atomic E-state index is -3.97. The summed E-state index contributed by atoms with van der Waals surface area (Å²) >= 11 is 0.727. The normalized spacial score (nSPS) is 20.0. The van der Waals surface area contributed by atoms with E-state index in [4.69, 9.17) is 14.8 Å². The summed E-state index contributed by atoms with van der Waals surface area (Å²) in [5, 5.41) is 16.5. The van der Waals surface area contributed by atoms with Gasteiger partial charge in [0, 0.05) is 40.1 Å². The number of H-pyrrole nitrogens is 1. The van der Waals surface area contributed by atoms with Gasteiger partial charge in [-0.25, -0.2) is 36.0 Å². The lowest BCUT2D eigenvalue weighted by Gasteiger charge is -2.30. The second-order valence-corrected chi connectivity index (χ2v) is 16.9. The van der Waals surface area contributed by atoms with E-state index in [1.807, 2.05) is 51.1 Å². The number of benzene rings is 3. The first-order valence-corrected chi connectivity index (χ1v) is 19.3. The van der Waals surface area contributed by atoms with Crippen LogP contribution in [0.1, 0.15) is 75.6 Å². The molecule has 9 nitrogen and oxygen atoms in total. The van der Waals surface area contributed by atoms with E-state index in [1.54, 1.807) is 14.0 Å². The smallest absolute Gasteiger partial charge is 0.339 e. The molecule has 2 N–H and O–H groups in total. The van der Waals surface area contributed by atoms with Crippen molar-refractivity contribution in [1.82, 2.24) is 19.7 Å². The highest BCUT2D eigenvalue weighted by atomic mass is 32.2. The summed E-state index contributed by atoms with van der Waals surface area (Å²) in [6.07, 6.45) is 2.08.